The smallest absolute Gasteiger partial charge is 0.240 e. The van der Waals surface area contributed by atoms with Gasteiger partial charge in [-0.15, -0.1) is 0 Å². The molecule has 0 unspecified atom stereocenters. The molecule has 27 heavy (non-hydrogen) atoms. The first-order valence-corrected chi connectivity index (χ1v) is 10.2. The standard InChI is InChI=1S/C19H24N2O5S/c1-15-8-10-16(11-9-15)21(27(3,23)24)14-19(22)20-12-13-26-18-7-5-4-6-17(18)25-2/h4-11H,12-14H2,1-3H3,(H,20,22). The number of sulfonamides is 1. The van der Waals surface area contributed by atoms with E-state index in [0.29, 0.717) is 17.2 Å². The van der Waals surface area contributed by atoms with E-state index in [4.69, 9.17) is 9.47 Å². The minimum atomic E-state index is -3.58. The molecule has 146 valence electrons. The van der Waals surface area contributed by atoms with Crippen molar-refractivity contribution in [2.24, 2.45) is 0 Å². The molecule has 0 saturated heterocycles. The summed E-state index contributed by atoms with van der Waals surface area (Å²) in [7, 11) is -2.03. The predicted molar refractivity (Wildman–Crippen MR) is 105 cm³/mol. The lowest BCUT2D eigenvalue weighted by atomic mass is 10.2. The average molecular weight is 392 g/mol. The Bertz CT molecular complexity index is 866. The van der Waals surface area contributed by atoms with Crippen LogP contribution in [0.4, 0.5) is 5.69 Å². The number of rotatable bonds is 9. The van der Waals surface area contributed by atoms with Gasteiger partial charge in [0.05, 0.1) is 25.6 Å². The van der Waals surface area contributed by atoms with Crippen LogP contribution in [0.2, 0.25) is 0 Å². The van der Waals surface area contributed by atoms with Crippen LogP contribution in [0.5, 0.6) is 11.5 Å². The van der Waals surface area contributed by atoms with E-state index in [1.807, 2.05) is 19.1 Å². The molecule has 0 bridgehead atoms. The summed E-state index contributed by atoms with van der Waals surface area (Å²) in [5.74, 6) is 0.766. The van der Waals surface area contributed by atoms with Crippen molar-refractivity contribution in [3.05, 3.63) is 54.1 Å². The molecule has 1 amide bonds. The summed E-state index contributed by atoms with van der Waals surface area (Å²) in [6, 6.07) is 14.1. The number of aryl methyl sites for hydroxylation is 1. The summed E-state index contributed by atoms with van der Waals surface area (Å²) in [5.41, 5.74) is 1.45. The van der Waals surface area contributed by atoms with Crippen molar-refractivity contribution in [2.45, 2.75) is 6.92 Å². The fraction of sp³-hybridized carbons (Fsp3) is 0.316. The number of nitrogens with zero attached hydrogens (tertiary/aromatic N) is 1. The van der Waals surface area contributed by atoms with Crippen LogP contribution in [0.3, 0.4) is 0 Å². The van der Waals surface area contributed by atoms with Crippen LogP contribution in [0.1, 0.15) is 5.56 Å². The zero-order chi connectivity index (χ0) is 19.9. The predicted octanol–water partition coefficient (Wildman–Crippen LogP) is 1.96. The van der Waals surface area contributed by atoms with Crippen molar-refractivity contribution in [1.29, 1.82) is 0 Å². The minimum absolute atomic E-state index is 0.232. The van der Waals surface area contributed by atoms with Gasteiger partial charge in [0.2, 0.25) is 15.9 Å². The monoisotopic (exact) mass is 392 g/mol. The highest BCUT2D eigenvalue weighted by molar-refractivity contribution is 7.92. The number of benzene rings is 2. The molecule has 0 aliphatic heterocycles. The third-order valence-electron chi connectivity index (χ3n) is 3.76. The molecule has 0 aliphatic rings. The first-order valence-electron chi connectivity index (χ1n) is 8.38. The minimum Gasteiger partial charge on any atom is -0.493 e. The summed E-state index contributed by atoms with van der Waals surface area (Å²) >= 11 is 0. The van der Waals surface area contributed by atoms with Crippen LogP contribution in [0.25, 0.3) is 0 Å². The van der Waals surface area contributed by atoms with Crippen LogP contribution in [-0.4, -0.2) is 47.4 Å². The number of anilines is 1. The largest absolute Gasteiger partial charge is 0.493 e. The van der Waals surface area contributed by atoms with Crippen molar-refractivity contribution in [3.63, 3.8) is 0 Å². The maximum atomic E-state index is 12.2. The maximum absolute atomic E-state index is 12.2. The SMILES string of the molecule is COc1ccccc1OCCNC(=O)CN(c1ccc(C)cc1)S(C)(=O)=O. The first-order chi connectivity index (χ1) is 12.8. The zero-order valence-corrected chi connectivity index (χ0v) is 16.5. The Morgan fingerprint density at radius 1 is 1.07 bits per heavy atom. The molecule has 0 spiro atoms. The molecule has 1 N–H and O–H groups in total. The van der Waals surface area contributed by atoms with E-state index in [1.165, 1.54) is 0 Å². The number of methoxy groups -OCH3 is 1. The molecule has 2 aromatic carbocycles. The van der Waals surface area contributed by atoms with Gasteiger partial charge in [-0.05, 0) is 31.2 Å². The van der Waals surface area contributed by atoms with Crippen molar-refractivity contribution < 1.29 is 22.7 Å². The number of hydrogen-bond donors (Lipinski definition) is 1. The maximum Gasteiger partial charge on any atom is 0.240 e. The molecule has 0 aliphatic carbocycles. The van der Waals surface area contributed by atoms with Crippen molar-refractivity contribution in [2.75, 3.05) is 37.4 Å². The van der Waals surface area contributed by atoms with Crippen LogP contribution < -0.4 is 19.1 Å². The van der Waals surface area contributed by atoms with Gasteiger partial charge >= 0.3 is 0 Å². The highest BCUT2D eigenvalue weighted by Crippen LogP contribution is 2.25. The van der Waals surface area contributed by atoms with Crippen molar-refractivity contribution in [1.82, 2.24) is 5.32 Å². The van der Waals surface area contributed by atoms with E-state index in [-0.39, 0.29) is 19.7 Å². The number of amides is 1. The van der Waals surface area contributed by atoms with Crippen molar-refractivity contribution in [3.8, 4) is 11.5 Å². The highest BCUT2D eigenvalue weighted by atomic mass is 32.2. The Morgan fingerprint density at radius 3 is 2.30 bits per heavy atom. The summed E-state index contributed by atoms with van der Waals surface area (Å²) in [6.07, 6.45) is 1.07. The van der Waals surface area contributed by atoms with E-state index >= 15 is 0 Å². The fourth-order valence-electron chi connectivity index (χ4n) is 2.39. The Morgan fingerprint density at radius 2 is 1.70 bits per heavy atom. The number of carbonyl (C=O) groups excluding carboxylic acids is 1. The van der Waals surface area contributed by atoms with Crippen LogP contribution in [0, 0.1) is 6.92 Å². The van der Waals surface area contributed by atoms with E-state index in [1.54, 1.807) is 43.5 Å². The zero-order valence-electron chi connectivity index (χ0n) is 15.6. The topological polar surface area (TPSA) is 84.9 Å². The third-order valence-corrected chi connectivity index (χ3v) is 4.90. The quantitative estimate of drug-likeness (QED) is 0.660. The summed E-state index contributed by atoms with van der Waals surface area (Å²) in [6.45, 7) is 2.08. The number of nitrogens with one attached hydrogen (secondary N) is 1. The summed E-state index contributed by atoms with van der Waals surface area (Å²) < 4.78 is 35.9. The van der Waals surface area contributed by atoms with Crippen LogP contribution >= 0.6 is 0 Å². The highest BCUT2D eigenvalue weighted by Gasteiger charge is 2.20. The molecule has 0 aromatic heterocycles. The molecule has 2 aromatic rings. The van der Waals surface area contributed by atoms with Gasteiger partial charge in [-0.3, -0.25) is 9.10 Å². The lowest BCUT2D eigenvalue weighted by Crippen LogP contribution is -2.41. The first kappa shape index (κ1) is 20.6. The molecule has 0 heterocycles. The Balaban J connectivity index is 1.90. The van der Waals surface area contributed by atoms with Gasteiger partial charge in [-0.2, -0.15) is 0 Å². The molecule has 0 radical (unpaired) electrons. The number of carbonyl (C=O) groups is 1. The second kappa shape index (κ2) is 9.27. The summed E-state index contributed by atoms with van der Waals surface area (Å²) in [5, 5.41) is 2.66. The molecule has 8 heteroatoms. The van der Waals surface area contributed by atoms with Crippen LogP contribution in [0.15, 0.2) is 48.5 Å². The number of para-hydroxylation sites is 2. The van der Waals surface area contributed by atoms with E-state index in [2.05, 4.69) is 5.32 Å². The molecule has 2 rings (SSSR count). The van der Waals surface area contributed by atoms with Gasteiger partial charge in [0, 0.05) is 0 Å². The molecule has 7 nitrogen and oxygen atoms in total. The van der Waals surface area contributed by atoms with Gasteiger partial charge in [0.25, 0.3) is 0 Å². The molecule has 0 saturated carbocycles. The molecule has 0 fully saturated rings. The van der Waals surface area contributed by atoms with Gasteiger partial charge in [-0.1, -0.05) is 29.8 Å². The van der Waals surface area contributed by atoms with E-state index in [0.717, 1.165) is 16.1 Å². The number of ether oxygens (including phenoxy) is 2. The number of hydrogen-bond acceptors (Lipinski definition) is 5. The average Bonchev–Trinajstić information content (AvgIpc) is 2.63. The lowest BCUT2D eigenvalue weighted by Gasteiger charge is -2.22. The van der Waals surface area contributed by atoms with Gasteiger partial charge in [0.1, 0.15) is 13.2 Å². The molecular weight excluding hydrogens is 368 g/mol. The fourth-order valence-corrected chi connectivity index (χ4v) is 3.24. The normalized spacial score (nSPS) is 10.9. The second-order valence-corrected chi connectivity index (χ2v) is 7.86. The lowest BCUT2D eigenvalue weighted by molar-refractivity contribution is -0.119. The Kier molecular flexibility index (Phi) is 7.06. The Labute approximate surface area is 160 Å². The summed E-state index contributed by atoms with van der Waals surface area (Å²) in [4.78, 5) is 12.2. The van der Waals surface area contributed by atoms with Gasteiger partial charge < -0.3 is 14.8 Å². The molecule has 0 atom stereocenters. The van der Waals surface area contributed by atoms with E-state index in [9.17, 15) is 13.2 Å². The van der Waals surface area contributed by atoms with Crippen molar-refractivity contribution >= 4 is 21.6 Å². The second-order valence-electron chi connectivity index (χ2n) is 5.95. The van der Waals surface area contributed by atoms with Gasteiger partial charge in [0.15, 0.2) is 11.5 Å². The Hall–Kier alpha value is -2.74. The molecular formula is C19H24N2O5S. The third kappa shape index (κ3) is 6.18. The van der Waals surface area contributed by atoms with E-state index < -0.39 is 15.9 Å². The van der Waals surface area contributed by atoms with Gasteiger partial charge in [-0.25, -0.2) is 8.42 Å². The van der Waals surface area contributed by atoms with Crippen LogP contribution in [-0.2, 0) is 14.8 Å².